The summed E-state index contributed by atoms with van der Waals surface area (Å²) in [6.45, 7) is 6.16. The van der Waals surface area contributed by atoms with Crippen molar-refractivity contribution in [3.05, 3.63) is 62.4 Å². The third-order valence-corrected chi connectivity index (χ3v) is 5.49. The van der Waals surface area contributed by atoms with E-state index in [4.69, 9.17) is 11.6 Å². The van der Waals surface area contributed by atoms with Crippen molar-refractivity contribution in [2.45, 2.75) is 27.2 Å². The molecular weight excluding hydrogens is 340 g/mol. The number of thiazole rings is 1. The van der Waals surface area contributed by atoms with Crippen LogP contribution in [0.1, 0.15) is 22.3 Å². The van der Waals surface area contributed by atoms with Gasteiger partial charge in [0.15, 0.2) is 4.80 Å². The van der Waals surface area contributed by atoms with E-state index in [0.29, 0.717) is 16.2 Å². The molecule has 0 N–H and O–H groups in total. The average molecular weight is 359 g/mol. The maximum Gasteiger partial charge on any atom is 0.252 e. The molecule has 124 valence electrons. The van der Waals surface area contributed by atoms with E-state index in [1.54, 1.807) is 0 Å². The second-order valence-electron chi connectivity index (χ2n) is 6.12. The largest absolute Gasteiger partial charge is 0.319 e. The number of benzene rings is 2. The highest BCUT2D eigenvalue weighted by Crippen LogP contribution is 2.21. The predicted molar refractivity (Wildman–Crippen MR) is 101 cm³/mol. The molecule has 0 aliphatic carbocycles. The molecule has 0 fully saturated rings. The first-order chi connectivity index (χ1) is 11.3. The molecule has 3 aromatic rings. The van der Waals surface area contributed by atoms with Gasteiger partial charge in [-0.15, -0.1) is 0 Å². The number of halogens is 1. The monoisotopic (exact) mass is 358 g/mol. The van der Waals surface area contributed by atoms with Crippen LogP contribution in [-0.4, -0.2) is 10.5 Å². The summed E-state index contributed by atoms with van der Waals surface area (Å²) in [5.74, 6) is -0.127. The predicted octanol–water partition coefficient (Wildman–Crippen LogP) is 4.49. The molecule has 3 nitrogen and oxygen atoms in total. The van der Waals surface area contributed by atoms with Gasteiger partial charge in [0.25, 0.3) is 5.91 Å². The Balaban J connectivity index is 1.97. The lowest BCUT2D eigenvalue weighted by Gasteiger charge is -2.09. The van der Waals surface area contributed by atoms with Crippen molar-refractivity contribution < 1.29 is 4.79 Å². The summed E-state index contributed by atoms with van der Waals surface area (Å²) >= 11 is 7.52. The van der Waals surface area contributed by atoms with Crippen LogP contribution in [0.4, 0.5) is 0 Å². The highest BCUT2D eigenvalue weighted by molar-refractivity contribution is 7.16. The second kappa shape index (κ2) is 6.54. The Morgan fingerprint density at radius 1 is 1.17 bits per heavy atom. The van der Waals surface area contributed by atoms with E-state index in [2.05, 4.69) is 24.0 Å². The Morgan fingerprint density at radius 3 is 2.50 bits per heavy atom. The van der Waals surface area contributed by atoms with Gasteiger partial charge in [0, 0.05) is 12.1 Å². The van der Waals surface area contributed by atoms with Crippen molar-refractivity contribution in [2.75, 3.05) is 0 Å². The Bertz CT molecular complexity index is 991. The van der Waals surface area contributed by atoms with Gasteiger partial charge in [-0.05, 0) is 55.7 Å². The van der Waals surface area contributed by atoms with E-state index in [1.807, 2.05) is 43.7 Å². The lowest BCUT2D eigenvalue weighted by atomic mass is 9.97. The smallest absolute Gasteiger partial charge is 0.252 e. The van der Waals surface area contributed by atoms with Crippen LogP contribution < -0.4 is 4.80 Å². The van der Waals surface area contributed by atoms with Gasteiger partial charge >= 0.3 is 0 Å². The van der Waals surface area contributed by atoms with Gasteiger partial charge in [0.1, 0.15) is 0 Å². The molecule has 0 saturated carbocycles. The van der Waals surface area contributed by atoms with Gasteiger partial charge < -0.3 is 4.57 Å². The van der Waals surface area contributed by atoms with Crippen molar-refractivity contribution in [3.63, 3.8) is 0 Å². The summed E-state index contributed by atoms with van der Waals surface area (Å²) in [5, 5.41) is 0.688. The van der Waals surface area contributed by atoms with Gasteiger partial charge in [0.2, 0.25) is 0 Å². The molecule has 0 atom stereocenters. The van der Waals surface area contributed by atoms with Gasteiger partial charge in [-0.25, -0.2) is 0 Å². The molecule has 0 aliphatic heterocycles. The van der Waals surface area contributed by atoms with Crippen LogP contribution >= 0.6 is 22.9 Å². The van der Waals surface area contributed by atoms with Gasteiger partial charge in [-0.2, -0.15) is 4.99 Å². The number of hydrogen-bond donors (Lipinski definition) is 0. The highest BCUT2D eigenvalue weighted by Gasteiger charge is 2.10. The van der Waals surface area contributed by atoms with Gasteiger partial charge in [0.05, 0.1) is 16.6 Å². The van der Waals surface area contributed by atoms with E-state index in [9.17, 15) is 4.79 Å². The fourth-order valence-corrected chi connectivity index (χ4v) is 4.31. The zero-order valence-electron chi connectivity index (χ0n) is 14.2. The summed E-state index contributed by atoms with van der Waals surface area (Å²) in [6.07, 6.45) is 0.326. The molecule has 0 radical (unpaired) electrons. The van der Waals surface area contributed by atoms with Crippen LogP contribution in [0.2, 0.25) is 5.02 Å². The molecule has 24 heavy (non-hydrogen) atoms. The molecule has 1 aromatic heterocycles. The number of carbonyl (C=O) groups is 1. The third kappa shape index (κ3) is 3.30. The van der Waals surface area contributed by atoms with Crippen LogP contribution in [0, 0.1) is 20.8 Å². The molecule has 0 aliphatic rings. The number of rotatable bonds is 2. The van der Waals surface area contributed by atoms with Crippen LogP contribution in [0.3, 0.4) is 0 Å². The maximum atomic E-state index is 12.5. The topological polar surface area (TPSA) is 34.4 Å². The van der Waals surface area contributed by atoms with Crippen molar-refractivity contribution in [1.82, 2.24) is 4.57 Å². The Hall–Kier alpha value is -1.91. The van der Waals surface area contributed by atoms with Crippen LogP contribution in [0.15, 0.2) is 35.3 Å². The highest BCUT2D eigenvalue weighted by atomic mass is 35.5. The Labute approximate surface area is 150 Å². The first kappa shape index (κ1) is 16.9. The lowest BCUT2D eigenvalue weighted by molar-refractivity contribution is -0.117. The van der Waals surface area contributed by atoms with Gasteiger partial charge in [-0.1, -0.05) is 40.6 Å². The summed E-state index contributed by atoms with van der Waals surface area (Å²) in [7, 11) is 1.92. The second-order valence-corrected chi connectivity index (χ2v) is 7.56. The normalized spacial score (nSPS) is 12.1. The molecule has 5 heteroatoms. The van der Waals surface area contributed by atoms with Gasteiger partial charge in [-0.3, -0.25) is 4.79 Å². The van der Waals surface area contributed by atoms with E-state index in [-0.39, 0.29) is 5.91 Å². The summed E-state index contributed by atoms with van der Waals surface area (Å²) in [6, 6.07) is 9.92. The molecule has 0 unspecified atom stereocenters. The van der Waals surface area contributed by atoms with Crippen molar-refractivity contribution >= 4 is 39.1 Å². The lowest BCUT2D eigenvalue weighted by Crippen LogP contribution is -2.14. The zero-order valence-corrected chi connectivity index (χ0v) is 15.8. The molecule has 0 saturated heterocycles. The minimum Gasteiger partial charge on any atom is -0.319 e. The number of aryl methyl sites for hydroxylation is 4. The molecule has 0 bridgehead atoms. The third-order valence-electron chi connectivity index (χ3n) is 4.16. The summed E-state index contributed by atoms with van der Waals surface area (Å²) in [5.41, 5.74) is 5.60. The summed E-state index contributed by atoms with van der Waals surface area (Å²) in [4.78, 5) is 17.5. The fourth-order valence-electron chi connectivity index (χ4n) is 3.00. The van der Waals surface area contributed by atoms with Crippen LogP contribution in [-0.2, 0) is 18.3 Å². The SMILES string of the molecule is Cc1cc(C)c(CC(=O)N=c2sc3cc(Cl)ccc3n2C)c(C)c1. The number of nitrogens with zero attached hydrogens (tertiary/aromatic N) is 2. The fraction of sp³-hybridized carbons (Fsp3) is 0.263. The Morgan fingerprint density at radius 2 is 1.83 bits per heavy atom. The van der Waals surface area contributed by atoms with E-state index >= 15 is 0 Å². The number of hydrogen-bond acceptors (Lipinski definition) is 2. The number of carbonyl (C=O) groups excluding carboxylic acids is 1. The number of fused-ring (bicyclic) bond motifs is 1. The summed E-state index contributed by atoms with van der Waals surface area (Å²) < 4.78 is 2.96. The maximum absolute atomic E-state index is 12.5. The zero-order chi connectivity index (χ0) is 17.4. The average Bonchev–Trinajstić information content (AvgIpc) is 2.78. The minimum absolute atomic E-state index is 0.127. The van der Waals surface area contributed by atoms with E-state index in [0.717, 1.165) is 26.9 Å². The number of amides is 1. The minimum atomic E-state index is -0.127. The van der Waals surface area contributed by atoms with E-state index in [1.165, 1.54) is 16.9 Å². The molecule has 0 spiro atoms. The standard InChI is InChI=1S/C19H19ClN2OS/c1-11-7-12(2)15(13(3)8-11)10-18(23)21-19-22(4)16-6-5-14(20)9-17(16)24-19/h5-9H,10H2,1-4H3. The molecule has 1 amide bonds. The molecule has 3 rings (SSSR count). The number of aromatic nitrogens is 1. The van der Waals surface area contributed by atoms with Crippen molar-refractivity contribution in [3.8, 4) is 0 Å². The molecule has 2 aromatic carbocycles. The van der Waals surface area contributed by atoms with Crippen molar-refractivity contribution in [2.24, 2.45) is 12.0 Å². The first-order valence-corrected chi connectivity index (χ1v) is 8.94. The quantitative estimate of drug-likeness (QED) is 0.664. The molecular formula is C19H19ClN2OS. The van der Waals surface area contributed by atoms with E-state index < -0.39 is 0 Å². The molecule has 1 heterocycles. The van der Waals surface area contributed by atoms with Crippen LogP contribution in [0.5, 0.6) is 0 Å². The first-order valence-electron chi connectivity index (χ1n) is 7.74. The van der Waals surface area contributed by atoms with Crippen molar-refractivity contribution in [1.29, 1.82) is 0 Å². The Kier molecular flexibility index (Phi) is 4.61. The van der Waals surface area contributed by atoms with Crippen LogP contribution in [0.25, 0.3) is 10.2 Å².